The van der Waals surface area contributed by atoms with Gasteiger partial charge >= 0.3 is 0 Å². The van der Waals surface area contributed by atoms with Crippen LogP contribution in [0.4, 0.5) is 10.9 Å². The number of rotatable bonds is 3. The molecule has 20 heavy (non-hydrogen) atoms. The van der Waals surface area contributed by atoms with Crippen LogP contribution in [0.25, 0.3) is 0 Å². The first-order valence-corrected chi connectivity index (χ1v) is 7.00. The molecule has 0 radical (unpaired) electrons. The maximum atomic E-state index is 5.55. The van der Waals surface area contributed by atoms with E-state index in [0.717, 1.165) is 22.6 Å². The highest BCUT2D eigenvalue weighted by atomic mass is 32.1. The smallest absolute Gasteiger partial charge is 0.205 e. The van der Waals surface area contributed by atoms with Gasteiger partial charge in [0.25, 0.3) is 0 Å². The molecule has 1 aromatic heterocycles. The fourth-order valence-corrected chi connectivity index (χ4v) is 2.39. The lowest BCUT2D eigenvalue weighted by Crippen LogP contribution is -2.15. The number of ether oxygens (including phenoxy) is 2. The number of hydrogen-bond acceptors (Lipinski definition) is 7. The number of nitrogens with one attached hydrogen (secondary N) is 1. The van der Waals surface area contributed by atoms with Crippen molar-refractivity contribution >= 4 is 28.5 Å². The fourth-order valence-electron chi connectivity index (χ4n) is 1.84. The quantitative estimate of drug-likeness (QED) is 0.669. The summed E-state index contributed by atoms with van der Waals surface area (Å²) in [4.78, 5) is 4.06. The highest BCUT2D eigenvalue weighted by Gasteiger charge is 2.13. The zero-order chi connectivity index (χ0) is 13.9. The van der Waals surface area contributed by atoms with E-state index in [0.29, 0.717) is 24.2 Å². The number of aromatic nitrogens is 1. The number of fused-ring (bicyclic) bond motifs is 1. The molecule has 3 rings (SSSR count). The molecule has 6 nitrogen and oxygen atoms in total. The minimum absolute atomic E-state index is 0.489. The molecule has 0 aliphatic carbocycles. The molecule has 0 fully saturated rings. The maximum absolute atomic E-state index is 5.55. The van der Waals surface area contributed by atoms with Crippen molar-refractivity contribution in [3.63, 3.8) is 0 Å². The zero-order valence-electron chi connectivity index (χ0n) is 10.9. The Morgan fingerprint density at radius 3 is 2.80 bits per heavy atom. The van der Waals surface area contributed by atoms with E-state index in [4.69, 9.17) is 15.2 Å². The van der Waals surface area contributed by atoms with Crippen LogP contribution in [-0.2, 0) is 0 Å². The standard InChI is InChI=1S/C13H14N4O2S/c1-8-4-10-11(19-3-2-18-10)5-9(8)6-15-17-13-16-12(14)7-20-13/h4-7H,2-3,14H2,1H3,(H,16,17). The molecule has 0 saturated carbocycles. The van der Waals surface area contributed by atoms with Crippen LogP contribution in [0.3, 0.4) is 0 Å². The number of thiazole rings is 1. The van der Waals surface area contributed by atoms with Crippen LogP contribution in [0.1, 0.15) is 11.1 Å². The Morgan fingerprint density at radius 2 is 2.10 bits per heavy atom. The second-order valence-corrected chi connectivity index (χ2v) is 5.16. The average Bonchev–Trinajstić information content (AvgIpc) is 2.85. The van der Waals surface area contributed by atoms with Crippen LogP contribution < -0.4 is 20.6 Å². The van der Waals surface area contributed by atoms with Gasteiger partial charge in [0.1, 0.15) is 19.0 Å². The summed E-state index contributed by atoms with van der Waals surface area (Å²) >= 11 is 1.41. The summed E-state index contributed by atoms with van der Waals surface area (Å²) in [5, 5.41) is 6.57. The molecule has 0 atom stereocenters. The molecule has 2 aromatic rings. The van der Waals surface area contributed by atoms with Crippen molar-refractivity contribution in [2.75, 3.05) is 24.4 Å². The van der Waals surface area contributed by atoms with E-state index in [1.807, 2.05) is 19.1 Å². The van der Waals surface area contributed by atoms with E-state index in [-0.39, 0.29) is 0 Å². The predicted octanol–water partition coefficient (Wildman–Crippen LogP) is 2.25. The van der Waals surface area contributed by atoms with Crippen molar-refractivity contribution in [3.8, 4) is 11.5 Å². The summed E-state index contributed by atoms with van der Waals surface area (Å²) < 4.78 is 11.1. The lowest BCUT2D eigenvalue weighted by atomic mass is 10.1. The largest absolute Gasteiger partial charge is 0.486 e. The van der Waals surface area contributed by atoms with Gasteiger partial charge in [0.2, 0.25) is 5.13 Å². The molecule has 1 aliphatic rings. The van der Waals surface area contributed by atoms with Crippen LogP contribution in [-0.4, -0.2) is 24.4 Å². The number of nitrogen functional groups attached to an aromatic ring is 1. The molecule has 0 saturated heterocycles. The monoisotopic (exact) mass is 290 g/mol. The lowest BCUT2D eigenvalue weighted by Gasteiger charge is -2.19. The summed E-state index contributed by atoms with van der Waals surface area (Å²) in [7, 11) is 0. The molecule has 7 heteroatoms. The number of aryl methyl sites for hydroxylation is 1. The van der Waals surface area contributed by atoms with Gasteiger partial charge in [-0.15, -0.1) is 11.3 Å². The van der Waals surface area contributed by atoms with Crippen molar-refractivity contribution in [2.24, 2.45) is 5.10 Å². The van der Waals surface area contributed by atoms with Crippen LogP contribution in [0, 0.1) is 6.92 Å². The number of benzene rings is 1. The van der Waals surface area contributed by atoms with Crippen molar-refractivity contribution < 1.29 is 9.47 Å². The van der Waals surface area contributed by atoms with Gasteiger partial charge < -0.3 is 15.2 Å². The molecule has 0 amide bonds. The Balaban J connectivity index is 1.76. The Labute approximate surface area is 120 Å². The average molecular weight is 290 g/mol. The molecule has 3 N–H and O–H groups in total. The Bertz CT molecular complexity index is 654. The summed E-state index contributed by atoms with van der Waals surface area (Å²) in [6.45, 7) is 3.16. The van der Waals surface area contributed by atoms with E-state index in [2.05, 4.69) is 15.5 Å². The third-order valence-corrected chi connectivity index (χ3v) is 3.58. The van der Waals surface area contributed by atoms with Gasteiger partial charge in [-0.25, -0.2) is 4.98 Å². The number of hydrogen-bond donors (Lipinski definition) is 2. The van der Waals surface area contributed by atoms with Gasteiger partial charge in [-0.05, 0) is 24.6 Å². The summed E-state index contributed by atoms with van der Waals surface area (Å²) in [5.74, 6) is 2.02. The normalized spacial score (nSPS) is 13.7. The molecule has 0 bridgehead atoms. The number of nitrogens with two attached hydrogens (primary N) is 1. The summed E-state index contributed by atoms with van der Waals surface area (Å²) in [6.07, 6.45) is 1.73. The molecule has 104 valence electrons. The number of nitrogens with zero attached hydrogens (tertiary/aromatic N) is 2. The number of hydrazone groups is 1. The topological polar surface area (TPSA) is 81.8 Å². The molecule has 1 aromatic carbocycles. The van der Waals surface area contributed by atoms with E-state index in [9.17, 15) is 0 Å². The van der Waals surface area contributed by atoms with Gasteiger partial charge in [-0.2, -0.15) is 5.10 Å². The van der Waals surface area contributed by atoms with E-state index >= 15 is 0 Å². The molecular formula is C13H14N4O2S. The van der Waals surface area contributed by atoms with Gasteiger partial charge in [0.15, 0.2) is 11.5 Å². The van der Waals surface area contributed by atoms with Crippen LogP contribution >= 0.6 is 11.3 Å². The molecule has 0 spiro atoms. The van der Waals surface area contributed by atoms with Crippen LogP contribution in [0.2, 0.25) is 0 Å². The predicted molar refractivity (Wildman–Crippen MR) is 79.9 cm³/mol. The molecule has 2 heterocycles. The highest BCUT2D eigenvalue weighted by Crippen LogP contribution is 2.32. The lowest BCUT2D eigenvalue weighted by molar-refractivity contribution is 0.171. The summed E-state index contributed by atoms with van der Waals surface area (Å²) in [5.41, 5.74) is 10.4. The van der Waals surface area contributed by atoms with Crippen LogP contribution in [0.15, 0.2) is 22.6 Å². The first kappa shape index (κ1) is 12.7. The first-order valence-electron chi connectivity index (χ1n) is 6.13. The maximum Gasteiger partial charge on any atom is 0.205 e. The van der Waals surface area contributed by atoms with E-state index in [1.165, 1.54) is 11.3 Å². The van der Waals surface area contributed by atoms with Crippen LogP contribution in [0.5, 0.6) is 11.5 Å². The SMILES string of the molecule is Cc1cc2c(cc1C=NNc1nc(N)cs1)OCCO2. The molecule has 0 unspecified atom stereocenters. The van der Waals surface area contributed by atoms with Crippen molar-refractivity contribution in [3.05, 3.63) is 28.6 Å². The third kappa shape index (κ3) is 2.67. The zero-order valence-corrected chi connectivity index (χ0v) is 11.7. The fraction of sp³-hybridized carbons (Fsp3) is 0.231. The van der Waals surface area contributed by atoms with Crippen molar-refractivity contribution in [1.82, 2.24) is 4.98 Å². The minimum atomic E-state index is 0.489. The minimum Gasteiger partial charge on any atom is -0.486 e. The van der Waals surface area contributed by atoms with E-state index < -0.39 is 0 Å². The second kappa shape index (κ2) is 5.38. The third-order valence-electron chi connectivity index (χ3n) is 2.82. The highest BCUT2D eigenvalue weighted by molar-refractivity contribution is 7.14. The van der Waals surface area contributed by atoms with Crippen molar-refractivity contribution in [1.29, 1.82) is 0 Å². The van der Waals surface area contributed by atoms with E-state index in [1.54, 1.807) is 11.6 Å². The van der Waals surface area contributed by atoms with Gasteiger partial charge in [0, 0.05) is 10.9 Å². The Hall–Kier alpha value is -2.28. The van der Waals surface area contributed by atoms with Gasteiger partial charge in [0.05, 0.1) is 6.21 Å². The van der Waals surface area contributed by atoms with Crippen molar-refractivity contribution in [2.45, 2.75) is 6.92 Å². The second-order valence-electron chi connectivity index (χ2n) is 4.30. The van der Waals surface area contributed by atoms with Gasteiger partial charge in [-0.3, -0.25) is 5.43 Å². The molecule has 1 aliphatic heterocycles. The number of anilines is 2. The summed E-state index contributed by atoms with van der Waals surface area (Å²) in [6, 6.07) is 3.88. The Kier molecular flexibility index (Phi) is 3.42. The Morgan fingerprint density at radius 1 is 1.35 bits per heavy atom. The molecular weight excluding hydrogens is 276 g/mol. The first-order chi connectivity index (χ1) is 9.72. The van der Waals surface area contributed by atoms with Gasteiger partial charge in [-0.1, -0.05) is 0 Å².